The lowest BCUT2D eigenvalue weighted by atomic mass is 9.77. The Labute approximate surface area is 242 Å². The van der Waals surface area contributed by atoms with Crippen LogP contribution in [0.25, 0.3) is 0 Å². The third-order valence-electron chi connectivity index (χ3n) is 8.52. The van der Waals surface area contributed by atoms with E-state index in [0.29, 0.717) is 52.2 Å². The Morgan fingerprint density at radius 2 is 1.25 bits per heavy atom. The molecule has 0 aliphatic heterocycles. The van der Waals surface area contributed by atoms with E-state index in [1.54, 1.807) is 0 Å². The molecule has 0 aliphatic carbocycles. The zero-order chi connectivity index (χ0) is 30.3. The first kappa shape index (κ1) is 38.0. The van der Waals surface area contributed by atoms with Gasteiger partial charge in [0.1, 0.15) is 0 Å². The van der Waals surface area contributed by atoms with Crippen molar-refractivity contribution >= 4 is 17.9 Å². The first-order valence-corrected chi connectivity index (χ1v) is 15.2. The van der Waals surface area contributed by atoms with Gasteiger partial charge in [0, 0.05) is 37.8 Å². The van der Waals surface area contributed by atoms with E-state index >= 15 is 0 Å². The van der Waals surface area contributed by atoms with Crippen LogP contribution in [-0.4, -0.2) is 85.7 Å². The van der Waals surface area contributed by atoms with E-state index in [1.165, 1.54) is 0 Å². The molecular formula is C31H57NO8. The van der Waals surface area contributed by atoms with Crippen molar-refractivity contribution in [3.63, 3.8) is 0 Å². The maximum absolute atomic E-state index is 12.5. The molecule has 40 heavy (non-hydrogen) atoms. The summed E-state index contributed by atoms with van der Waals surface area (Å²) in [5.41, 5.74) is -0.257. The van der Waals surface area contributed by atoms with Crippen LogP contribution in [0.1, 0.15) is 105 Å². The van der Waals surface area contributed by atoms with Crippen LogP contribution in [0.4, 0.5) is 0 Å². The molecule has 0 saturated carbocycles. The van der Waals surface area contributed by atoms with Gasteiger partial charge in [0.15, 0.2) is 0 Å². The second kappa shape index (κ2) is 22.7. The molecule has 9 nitrogen and oxygen atoms in total. The fraction of sp³-hybridized carbons (Fsp3) is 0.839. The fourth-order valence-corrected chi connectivity index (χ4v) is 4.84. The van der Waals surface area contributed by atoms with E-state index in [0.717, 1.165) is 57.6 Å². The molecule has 0 unspecified atom stereocenters. The number of rotatable bonds is 26. The van der Waals surface area contributed by atoms with Crippen molar-refractivity contribution in [3.05, 3.63) is 12.7 Å². The monoisotopic (exact) mass is 571 g/mol. The number of unbranched alkanes of at least 4 members (excludes halogenated alkanes) is 2. The number of esters is 3. The van der Waals surface area contributed by atoms with Crippen molar-refractivity contribution in [2.75, 3.05) is 52.7 Å². The van der Waals surface area contributed by atoms with Crippen LogP contribution in [-0.2, 0) is 28.6 Å². The SMILES string of the molecule is C=CC(=O)OCCC(CC)(CC)CCOC(=O)CCN(CCCCCO)CCC(=O)OCC(CC)(CC)CCO. The van der Waals surface area contributed by atoms with E-state index in [1.807, 2.05) is 13.8 Å². The van der Waals surface area contributed by atoms with E-state index < -0.39 is 5.97 Å². The number of nitrogens with zero attached hydrogens (tertiary/aromatic N) is 1. The standard InChI is InChI=1S/C31H57NO8/c1-6-27(35)38-24-17-30(7-2,8-3)18-25-39-28(36)14-20-32(19-12-11-13-22-33)21-15-29(37)40-26-31(9-4,10-5)16-23-34/h6,33-34H,1,7-26H2,2-5H3. The van der Waals surface area contributed by atoms with Crippen LogP contribution in [0.2, 0.25) is 0 Å². The Morgan fingerprint density at radius 3 is 1.75 bits per heavy atom. The van der Waals surface area contributed by atoms with Gasteiger partial charge >= 0.3 is 17.9 Å². The molecule has 0 amide bonds. The summed E-state index contributed by atoms with van der Waals surface area (Å²) < 4.78 is 16.3. The molecule has 0 aromatic rings. The molecule has 234 valence electrons. The minimum Gasteiger partial charge on any atom is -0.466 e. The number of aliphatic hydroxyl groups excluding tert-OH is 2. The average Bonchev–Trinajstić information content (AvgIpc) is 2.97. The van der Waals surface area contributed by atoms with Gasteiger partial charge in [-0.25, -0.2) is 4.79 Å². The second-order valence-corrected chi connectivity index (χ2v) is 10.8. The summed E-state index contributed by atoms with van der Waals surface area (Å²) in [6.45, 7) is 14.5. The van der Waals surface area contributed by atoms with Crippen molar-refractivity contribution in [3.8, 4) is 0 Å². The highest BCUT2D eigenvalue weighted by Gasteiger charge is 2.28. The molecule has 2 N–H and O–H groups in total. The molecule has 0 rings (SSSR count). The third kappa shape index (κ3) is 16.3. The maximum Gasteiger partial charge on any atom is 0.330 e. The van der Waals surface area contributed by atoms with Crippen LogP contribution >= 0.6 is 0 Å². The van der Waals surface area contributed by atoms with Gasteiger partial charge in [0.05, 0.1) is 32.7 Å². The predicted octanol–water partition coefficient (Wildman–Crippen LogP) is 4.82. The summed E-state index contributed by atoms with van der Waals surface area (Å²) in [5.74, 6) is -0.985. The Morgan fingerprint density at radius 1 is 0.700 bits per heavy atom. The molecule has 0 heterocycles. The molecule has 0 bridgehead atoms. The van der Waals surface area contributed by atoms with Gasteiger partial charge in [-0.15, -0.1) is 0 Å². The number of carbonyl (C=O) groups is 3. The molecule has 0 saturated heterocycles. The molecule has 0 radical (unpaired) electrons. The van der Waals surface area contributed by atoms with E-state index in [2.05, 4.69) is 25.3 Å². The number of hydrogen-bond donors (Lipinski definition) is 2. The summed E-state index contributed by atoms with van der Waals surface area (Å²) in [5, 5.41) is 18.5. The Bertz CT molecular complexity index is 703. The van der Waals surface area contributed by atoms with Gasteiger partial charge in [-0.2, -0.15) is 0 Å². The van der Waals surface area contributed by atoms with Crippen LogP contribution in [0.15, 0.2) is 12.7 Å². The second-order valence-electron chi connectivity index (χ2n) is 10.8. The topological polar surface area (TPSA) is 123 Å². The minimum absolute atomic E-state index is 0.0643. The molecule has 0 fully saturated rings. The molecule has 0 aromatic heterocycles. The van der Waals surface area contributed by atoms with E-state index in [4.69, 9.17) is 19.3 Å². The zero-order valence-electron chi connectivity index (χ0n) is 25.7. The first-order valence-electron chi connectivity index (χ1n) is 15.2. The van der Waals surface area contributed by atoms with E-state index in [-0.39, 0.29) is 48.8 Å². The Balaban J connectivity index is 4.76. The van der Waals surface area contributed by atoms with Crippen molar-refractivity contribution in [1.82, 2.24) is 4.90 Å². The summed E-state index contributed by atoms with van der Waals surface area (Å²) in [6, 6.07) is 0. The van der Waals surface area contributed by atoms with Gasteiger partial charge < -0.3 is 29.3 Å². The van der Waals surface area contributed by atoms with Crippen LogP contribution in [0.5, 0.6) is 0 Å². The summed E-state index contributed by atoms with van der Waals surface area (Å²) >= 11 is 0. The smallest absolute Gasteiger partial charge is 0.330 e. The predicted molar refractivity (Wildman–Crippen MR) is 157 cm³/mol. The van der Waals surface area contributed by atoms with Gasteiger partial charge in [-0.05, 0) is 63.3 Å². The lowest BCUT2D eigenvalue weighted by Crippen LogP contribution is -2.32. The van der Waals surface area contributed by atoms with Gasteiger partial charge in [-0.3, -0.25) is 9.59 Å². The summed E-state index contributed by atoms with van der Waals surface area (Å²) in [4.78, 5) is 38.5. The molecule has 0 aliphatic rings. The molecule has 0 spiro atoms. The van der Waals surface area contributed by atoms with Crippen LogP contribution < -0.4 is 0 Å². The lowest BCUT2D eigenvalue weighted by molar-refractivity contribution is -0.148. The average molecular weight is 572 g/mol. The van der Waals surface area contributed by atoms with Crippen molar-refractivity contribution in [2.45, 2.75) is 105 Å². The number of ether oxygens (including phenoxy) is 3. The van der Waals surface area contributed by atoms with Crippen molar-refractivity contribution in [1.29, 1.82) is 0 Å². The zero-order valence-corrected chi connectivity index (χ0v) is 25.7. The Hall–Kier alpha value is -1.97. The van der Waals surface area contributed by atoms with Gasteiger partial charge in [0.2, 0.25) is 0 Å². The van der Waals surface area contributed by atoms with Crippen molar-refractivity contribution < 1.29 is 38.8 Å². The number of hydrogen-bond acceptors (Lipinski definition) is 9. The number of aliphatic hydroxyl groups is 2. The molecule has 9 heteroatoms. The maximum atomic E-state index is 12.5. The first-order chi connectivity index (χ1) is 19.2. The van der Waals surface area contributed by atoms with Gasteiger partial charge in [-0.1, -0.05) is 47.1 Å². The van der Waals surface area contributed by atoms with E-state index in [9.17, 15) is 19.5 Å². The summed E-state index contributed by atoms with van der Waals surface area (Å²) in [6.07, 6.45) is 9.51. The minimum atomic E-state index is -0.432. The fourth-order valence-electron chi connectivity index (χ4n) is 4.84. The molecule has 0 aromatic carbocycles. The Kier molecular flexibility index (Phi) is 21.6. The number of carbonyl (C=O) groups excluding carboxylic acids is 3. The quantitative estimate of drug-likeness (QED) is 0.0651. The molecular weight excluding hydrogens is 514 g/mol. The molecule has 0 atom stereocenters. The highest BCUT2D eigenvalue weighted by Crippen LogP contribution is 2.34. The summed E-state index contributed by atoms with van der Waals surface area (Å²) in [7, 11) is 0. The normalized spacial score (nSPS) is 11.9. The highest BCUT2D eigenvalue weighted by molar-refractivity contribution is 5.81. The van der Waals surface area contributed by atoms with Crippen LogP contribution in [0.3, 0.4) is 0 Å². The third-order valence-corrected chi connectivity index (χ3v) is 8.52. The van der Waals surface area contributed by atoms with Crippen molar-refractivity contribution in [2.24, 2.45) is 10.8 Å². The highest BCUT2D eigenvalue weighted by atomic mass is 16.5. The lowest BCUT2D eigenvalue weighted by Gasteiger charge is -2.31. The largest absolute Gasteiger partial charge is 0.466 e. The van der Waals surface area contributed by atoms with Gasteiger partial charge in [0.25, 0.3) is 0 Å². The van der Waals surface area contributed by atoms with Crippen LogP contribution in [0, 0.1) is 10.8 Å².